The molecule has 29 heavy (non-hydrogen) atoms. The molecule has 0 atom stereocenters. The summed E-state index contributed by atoms with van der Waals surface area (Å²) >= 11 is 0. The molecule has 1 fully saturated rings. The summed E-state index contributed by atoms with van der Waals surface area (Å²) in [7, 11) is 1.61. The van der Waals surface area contributed by atoms with Crippen LogP contribution in [-0.2, 0) is 15.0 Å². The van der Waals surface area contributed by atoms with Gasteiger partial charge in [0.05, 0.1) is 18.2 Å². The molecule has 1 saturated carbocycles. The average Bonchev–Trinajstić information content (AvgIpc) is 3.39. The van der Waals surface area contributed by atoms with Crippen LogP contribution in [0.3, 0.4) is 0 Å². The molecule has 4 rings (SSSR count). The van der Waals surface area contributed by atoms with Gasteiger partial charge < -0.3 is 19.9 Å². The Morgan fingerprint density at radius 3 is 2.34 bits per heavy atom. The maximum atomic E-state index is 12.9. The van der Waals surface area contributed by atoms with Crippen LogP contribution in [0.15, 0.2) is 59.1 Å². The first-order valence-electron chi connectivity index (χ1n) is 9.31. The number of ether oxygens (including phenoxy) is 1. The lowest BCUT2D eigenvalue weighted by Crippen LogP contribution is -2.28. The molecule has 0 aliphatic heterocycles. The van der Waals surface area contributed by atoms with Crippen molar-refractivity contribution in [2.45, 2.75) is 25.2 Å². The molecule has 0 spiro atoms. The van der Waals surface area contributed by atoms with E-state index in [0.717, 1.165) is 11.3 Å². The molecule has 2 amide bonds. The zero-order valence-corrected chi connectivity index (χ0v) is 16.2. The predicted molar refractivity (Wildman–Crippen MR) is 109 cm³/mol. The van der Waals surface area contributed by atoms with Gasteiger partial charge in [0.2, 0.25) is 11.8 Å². The molecule has 2 N–H and O–H groups in total. The summed E-state index contributed by atoms with van der Waals surface area (Å²) < 4.78 is 10.8. The van der Waals surface area contributed by atoms with Crippen LogP contribution in [0.4, 0.5) is 11.4 Å². The Balaban J connectivity index is 1.49. The normalized spacial score (nSPS) is 14.1. The Labute approximate surface area is 168 Å². The van der Waals surface area contributed by atoms with Crippen molar-refractivity contribution < 1.29 is 18.8 Å². The summed E-state index contributed by atoms with van der Waals surface area (Å²) in [5.41, 5.74) is 2.13. The monoisotopic (exact) mass is 391 g/mol. The minimum atomic E-state index is -0.670. The van der Waals surface area contributed by atoms with E-state index in [-0.39, 0.29) is 11.8 Å². The van der Waals surface area contributed by atoms with Crippen molar-refractivity contribution in [2.24, 2.45) is 0 Å². The van der Waals surface area contributed by atoms with E-state index in [1.807, 2.05) is 30.3 Å². The zero-order chi connectivity index (χ0) is 20.4. The van der Waals surface area contributed by atoms with E-state index >= 15 is 0 Å². The van der Waals surface area contributed by atoms with Crippen molar-refractivity contribution in [2.75, 3.05) is 17.7 Å². The van der Waals surface area contributed by atoms with E-state index in [0.29, 0.717) is 35.7 Å². The molecule has 0 bridgehead atoms. The van der Waals surface area contributed by atoms with Crippen molar-refractivity contribution in [3.63, 3.8) is 0 Å². The predicted octanol–water partition coefficient (Wildman–Crippen LogP) is 3.98. The van der Waals surface area contributed by atoms with Gasteiger partial charge in [-0.05, 0) is 49.2 Å². The Kier molecular flexibility index (Phi) is 4.80. The quantitative estimate of drug-likeness (QED) is 0.663. The van der Waals surface area contributed by atoms with Crippen LogP contribution in [0, 0.1) is 0 Å². The molecule has 1 aliphatic rings. The first-order chi connectivity index (χ1) is 14.0. The second-order valence-corrected chi connectivity index (χ2v) is 7.10. The summed E-state index contributed by atoms with van der Waals surface area (Å²) in [6, 6.07) is 16.3. The van der Waals surface area contributed by atoms with Gasteiger partial charge in [-0.2, -0.15) is 0 Å². The van der Waals surface area contributed by atoms with E-state index < -0.39 is 5.41 Å². The molecule has 7 nitrogen and oxygen atoms in total. The van der Waals surface area contributed by atoms with Crippen molar-refractivity contribution in [3.8, 4) is 17.1 Å². The van der Waals surface area contributed by atoms with E-state index in [9.17, 15) is 9.59 Å². The van der Waals surface area contributed by atoms with Gasteiger partial charge in [0, 0.05) is 29.9 Å². The second kappa shape index (κ2) is 7.43. The lowest BCUT2D eigenvalue weighted by molar-refractivity contribution is -0.118. The van der Waals surface area contributed by atoms with Gasteiger partial charge >= 0.3 is 0 Å². The molecule has 148 valence electrons. The van der Waals surface area contributed by atoms with Gasteiger partial charge in [-0.1, -0.05) is 17.3 Å². The molecular weight excluding hydrogens is 370 g/mol. The highest BCUT2D eigenvalue weighted by molar-refractivity contribution is 6.01. The highest BCUT2D eigenvalue weighted by Crippen LogP contribution is 2.49. The minimum absolute atomic E-state index is 0.115. The number of hydrogen-bond acceptors (Lipinski definition) is 5. The first kappa shape index (κ1) is 18.7. The van der Waals surface area contributed by atoms with Gasteiger partial charge in [0.15, 0.2) is 5.76 Å². The lowest BCUT2D eigenvalue weighted by Gasteiger charge is -2.13. The molecule has 1 aliphatic carbocycles. The lowest BCUT2D eigenvalue weighted by atomic mass is 10.00. The van der Waals surface area contributed by atoms with Crippen LogP contribution < -0.4 is 15.4 Å². The van der Waals surface area contributed by atoms with Gasteiger partial charge in [0.25, 0.3) is 0 Å². The highest BCUT2D eigenvalue weighted by Gasteiger charge is 2.53. The topological polar surface area (TPSA) is 93.5 Å². The number of nitrogens with zero attached hydrogens (tertiary/aromatic N) is 1. The van der Waals surface area contributed by atoms with Crippen LogP contribution >= 0.6 is 0 Å². The number of carbonyl (C=O) groups is 2. The fourth-order valence-corrected chi connectivity index (χ4v) is 3.23. The van der Waals surface area contributed by atoms with Crippen molar-refractivity contribution in [1.29, 1.82) is 0 Å². The van der Waals surface area contributed by atoms with Crippen LogP contribution in [0.1, 0.15) is 25.5 Å². The van der Waals surface area contributed by atoms with E-state index in [1.165, 1.54) is 6.92 Å². The fourth-order valence-electron chi connectivity index (χ4n) is 3.23. The molecule has 0 radical (unpaired) electrons. The Morgan fingerprint density at radius 1 is 1.03 bits per heavy atom. The molecule has 2 aromatic carbocycles. The van der Waals surface area contributed by atoms with Crippen molar-refractivity contribution in [1.82, 2.24) is 5.16 Å². The molecule has 7 heteroatoms. The van der Waals surface area contributed by atoms with Crippen molar-refractivity contribution >= 4 is 23.2 Å². The Bertz CT molecular complexity index is 1050. The summed E-state index contributed by atoms with van der Waals surface area (Å²) in [5, 5.41) is 9.80. The largest absolute Gasteiger partial charge is 0.497 e. The summed E-state index contributed by atoms with van der Waals surface area (Å²) in [4.78, 5) is 24.0. The minimum Gasteiger partial charge on any atom is -0.497 e. The molecule has 0 unspecified atom stereocenters. The van der Waals surface area contributed by atoms with E-state index in [2.05, 4.69) is 15.8 Å². The summed E-state index contributed by atoms with van der Waals surface area (Å²) in [6.07, 6.45) is 1.43. The van der Waals surface area contributed by atoms with Gasteiger partial charge in [-0.3, -0.25) is 9.59 Å². The average molecular weight is 391 g/mol. The van der Waals surface area contributed by atoms with Crippen molar-refractivity contribution in [3.05, 3.63) is 60.3 Å². The van der Waals surface area contributed by atoms with Gasteiger partial charge in [-0.15, -0.1) is 0 Å². The number of amides is 2. The van der Waals surface area contributed by atoms with E-state index in [1.54, 1.807) is 31.4 Å². The number of carbonyl (C=O) groups excluding carboxylic acids is 2. The maximum Gasteiger partial charge on any atom is 0.236 e. The molecule has 3 aromatic rings. The molecule has 1 aromatic heterocycles. The smallest absolute Gasteiger partial charge is 0.236 e. The number of anilines is 2. The number of benzene rings is 2. The molecule has 0 saturated heterocycles. The van der Waals surface area contributed by atoms with Crippen LogP contribution in [0.25, 0.3) is 11.3 Å². The standard InChI is InChI=1S/C22H21N3O4/c1-14(26)23-16-6-8-17(9-7-16)24-21(27)22(10-11-22)20-13-19(29-25-20)15-4-3-5-18(12-15)28-2/h3-9,12-13H,10-11H2,1-2H3,(H,23,26)(H,24,27). The number of nitrogens with one attached hydrogen (secondary N) is 2. The Hall–Kier alpha value is -3.61. The van der Waals surface area contributed by atoms with Gasteiger partial charge in [0.1, 0.15) is 5.75 Å². The Morgan fingerprint density at radius 2 is 1.72 bits per heavy atom. The highest BCUT2D eigenvalue weighted by atomic mass is 16.5. The summed E-state index contributed by atoms with van der Waals surface area (Å²) in [5.74, 6) is 1.06. The summed E-state index contributed by atoms with van der Waals surface area (Å²) in [6.45, 7) is 1.45. The number of rotatable bonds is 6. The third-order valence-corrected chi connectivity index (χ3v) is 5.00. The third-order valence-electron chi connectivity index (χ3n) is 5.00. The zero-order valence-electron chi connectivity index (χ0n) is 16.2. The van der Waals surface area contributed by atoms with Crippen LogP contribution in [0.2, 0.25) is 0 Å². The SMILES string of the molecule is COc1cccc(-c2cc(C3(C(=O)Nc4ccc(NC(C)=O)cc4)CC3)no2)c1. The fraction of sp³-hybridized carbons (Fsp3) is 0.227. The number of hydrogen-bond donors (Lipinski definition) is 2. The van der Waals surface area contributed by atoms with E-state index in [4.69, 9.17) is 9.26 Å². The number of aromatic nitrogens is 1. The maximum absolute atomic E-state index is 12.9. The third kappa shape index (κ3) is 3.85. The van der Waals surface area contributed by atoms with Crippen LogP contribution in [-0.4, -0.2) is 24.1 Å². The second-order valence-electron chi connectivity index (χ2n) is 7.10. The molecule has 1 heterocycles. The number of methoxy groups -OCH3 is 1. The first-order valence-corrected chi connectivity index (χ1v) is 9.31. The molecular formula is C22H21N3O4. The van der Waals surface area contributed by atoms with Gasteiger partial charge in [-0.25, -0.2) is 0 Å². The van der Waals surface area contributed by atoms with Crippen LogP contribution in [0.5, 0.6) is 5.75 Å².